The molecule has 0 radical (unpaired) electrons. The molecule has 7 nitrogen and oxygen atoms in total. The first kappa shape index (κ1) is 10.5. The summed E-state index contributed by atoms with van der Waals surface area (Å²) in [6, 6.07) is 5.37. The van der Waals surface area contributed by atoms with E-state index >= 15 is 0 Å². The first-order valence-corrected chi connectivity index (χ1v) is 5.33. The maximum atomic E-state index is 11.2. The Bertz CT molecular complexity index is 788. The summed E-state index contributed by atoms with van der Waals surface area (Å²) in [6.45, 7) is 1.72. The molecule has 3 aromatic rings. The monoisotopic (exact) mass is 242 g/mol. The van der Waals surface area contributed by atoms with Crippen LogP contribution in [0.5, 0.6) is 0 Å². The number of benzene rings is 1. The minimum Gasteiger partial charge on any atom is -0.382 e. The number of fused-ring (bicyclic) bond motifs is 1. The molecule has 90 valence electrons. The van der Waals surface area contributed by atoms with Crippen LogP contribution in [0, 0.1) is 6.92 Å². The molecule has 0 saturated carbocycles. The smallest absolute Gasteiger partial charge is 0.323 e. The number of anilines is 1. The molecule has 0 spiro atoms. The lowest BCUT2D eigenvalue weighted by molar-refractivity contribution is 0.921. The van der Waals surface area contributed by atoms with E-state index in [1.54, 1.807) is 19.1 Å². The van der Waals surface area contributed by atoms with Crippen molar-refractivity contribution in [1.82, 2.24) is 25.1 Å². The van der Waals surface area contributed by atoms with Crippen LogP contribution in [-0.4, -0.2) is 25.1 Å². The zero-order valence-corrected chi connectivity index (χ0v) is 9.56. The van der Waals surface area contributed by atoms with E-state index in [2.05, 4.69) is 25.1 Å². The Labute approximate surface area is 101 Å². The van der Waals surface area contributed by atoms with Crippen molar-refractivity contribution in [2.75, 3.05) is 5.73 Å². The van der Waals surface area contributed by atoms with Gasteiger partial charge in [0.05, 0.1) is 11.0 Å². The number of hydrogen-bond acceptors (Lipinski definition) is 5. The van der Waals surface area contributed by atoms with Gasteiger partial charge in [0.1, 0.15) is 11.5 Å². The van der Waals surface area contributed by atoms with Crippen molar-refractivity contribution in [3.05, 3.63) is 34.5 Å². The van der Waals surface area contributed by atoms with Gasteiger partial charge < -0.3 is 15.7 Å². The Hall–Kier alpha value is -2.70. The van der Waals surface area contributed by atoms with Crippen LogP contribution in [0.2, 0.25) is 0 Å². The van der Waals surface area contributed by atoms with Crippen LogP contribution in [0.4, 0.5) is 5.82 Å². The van der Waals surface area contributed by atoms with Gasteiger partial charge in [-0.1, -0.05) is 6.07 Å². The van der Waals surface area contributed by atoms with E-state index in [9.17, 15) is 4.79 Å². The van der Waals surface area contributed by atoms with Crippen LogP contribution >= 0.6 is 0 Å². The van der Waals surface area contributed by atoms with Gasteiger partial charge in [-0.05, 0) is 19.1 Å². The van der Waals surface area contributed by atoms with Crippen molar-refractivity contribution in [1.29, 1.82) is 0 Å². The number of aromatic amines is 2. The third-order valence-corrected chi connectivity index (χ3v) is 2.61. The number of H-pyrrole nitrogens is 2. The minimum absolute atomic E-state index is 0.247. The summed E-state index contributed by atoms with van der Waals surface area (Å²) >= 11 is 0. The molecular weight excluding hydrogens is 232 g/mol. The Morgan fingerprint density at radius 2 is 1.94 bits per heavy atom. The number of aromatic nitrogens is 5. The standard InChI is InChI=1S/C11H10N6O/c1-5-13-10(12)9(17-16-5)6-2-3-7-8(4-6)15-11(18)14-7/h2-4H,1H3,(H2,12,13,16)(H2,14,15,18). The molecule has 2 aromatic heterocycles. The number of rotatable bonds is 1. The van der Waals surface area contributed by atoms with E-state index in [4.69, 9.17) is 5.73 Å². The summed E-state index contributed by atoms with van der Waals surface area (Å²) in [5.41, 5.74) is 8.25. The molecule has 3 rings (SSSR count). The lowest BCUT2D eigenvalue weighted by Crippen LogP contribution is -2.02. The number of nitrogen functional groups attached to an aromatic ring is 1. The van der Waals surface area contributed by atoms with Crippen LogP contribution in [0.3, 0.4) is 0 Å². The fraction of sp³-hybridized carbons (Fsp3) is 0.0909. The average Bonchev–Trinajstić information content (AvgIpc) is 2.68. The van der Waals surface area contributed by atoms with Crippen molar-refractivity contribution < 1.29 is 0 Å². The van der Waals surface area contributed by atoms with Gasteiger partial charge in [-0.3, -0.25) is 0 Å². The molecule has 0 bridgehead atoms. The Balaban J connectivity index is 2.21. The topological polar surface area (TPSA) is 113 Å². The van der Waals surface area contributed by atoms with Crippen LogP contribution in [0.1, 0.15) is 5.82 Å². The second kappa shape index (κ2) is 3.66. The first-order valence-electron chi connectivity index (χ1n) is 5.33. The predicted molar refractivity (Wildman–Crippen MR) is 66.9 cm³/mol. The zero-order chi connectivity index (χ0) is 12.7. The van der Waals surface area contributed by atoms with Gasteiger partial charge in [-0.15, -0.1) is 10.2 Å². The number of nitrogens with zero attached hydrogens (tertiary/aromatic N) is 3. The van der Waals surface area contributed by atoms with Gasteiger partial charge in [-0.25, -0.2) is 9.78 Å². The van der Waals surface area contributed by atoms with Gasteiger partial charge in [0, 0.05) is 5.56 Å². The van der Waals surface area contributed by atoms with E-state index in [-0.39, 0.29) is 5.69 Å². The van der Waals surface area contributed by atoms with Gasteiger partial charge in [0.15, 0.2) is 5.82 Å². The van der Waals surface area contributed by atoms with Gasteiger partial charge in [-0.2, -0.15) is 0 Å². The molecule has 0 atom stereocenters. The van der Waals surface area contributed by atoms with E-state index in [0.29, 0.717) is 22.9 Å². The summed E-state index contributed by atoms with van der Waals surface area (Å²) < 4.78 is 0. The molecular formula is C11H10N6O. The molecule has 0 fully saturated rings. The van der Waals surface area contributed by atoms with Gasteiger partial charge in [0.2, 0.25) is 0 Å². The van der Waals surface area contributed by atoms with Gasteiger partial charge in [0.25, 0.3) is 0 Å². The minimum atomic E-state index is -0.247. The number of nitrogens with two attached hydrogens (primary N) is 1. The Morgan fingerprint density at radius 3 is 2.72 bits per heavy atom. The summed E-state index contributed by atoms with van der Waals surface area (Å²) in [5, 5.41) is 7.90. The van der Waals surface area contributed by atoms with E-state index < -0.39 is 0 Å². The molecule has 2 heterocycles. The quantitative estimate of drug-likeness (QED) is 0.578. The lowest BCUT2D eigenvalue weighted by Gasteiger charge is -2.03. The summed E-state index contributed by atoms with van der Waals surface area (Å²) in [6.07, 6.45) is 0. The Kier molecular flexibility index (Phi) is 2.12. The molecule has 0 aliphatic rings. The highest BCUT2D eigenvalue weighted by atomic mass is 16.1. The second-order valence-corrected chi connectivity index (χ2v) is 3.93. The molecule has 0 amide bonds. The van der Waals surface area contributed by atoms with Crippen LogP contribution in [0.15, 0.2) is 23.0 Å². The highest BCUT2D eigenvalue weighted by molar-refractivity contribution is 5.82. The Morgan fingerprint density at radius 1 is 1.17 bits per heavy atom. The molecule has 0 aliphatic carbocycles. The molecule has 4 N–H and O–H groups in total. The number of nitrogens with one attached hydrogen (secondary N) is 2. The van der Waals surface area contributed by atoms with Crippen LogP contribution in [-0.2, 0) is 0 Å². The van der Waals surface area contributed by atoms with Gasteiger partial charge >= 0.3 is 5.69 Å². The molecule has 0 saturated heterocycles. The second-order valence-electron chi connectivity index (χ2n) is 3.93. The van der Waals surface area contributed by atoms with E-state index in [1.807, 2.05) is 6.07 Å². The fourth-order valence-corrected chi connectivity index (χ4v) is 1.81. The highest BCUT2D eigenvalue weighted by Gasteiger charge is 2.08. The summed E-state index contributed by atoms with van der Waals surface area (Å²) in [4.78, 5) is 20.6. The largest absolute Gasteiger partial charge is 0.382 e. The number of aryl methyl sites for hydroxylation is 1. The molecule has 7 heteroatoms. The highest BCUT2D eigenvalue weighted by Crippen LogP contribution is 2.23. The lowest BCUT2D eigenvalue weighted by atomic mass is 10.1. The van der Waals surface area contributed by atoms with Crippen molar-refractivity contribution in [2.24, 2.45) is 0 Å². The third-order valence-electron chi connectivity index (χ3n) is 2.61. The fourth-order valence-electron chi connectivity index (χ4n) is 1.81. The van der Waals surface area contributed by atoms with Crippen molar-refractivity contribution in [3.8, 4) is 11.3 Å². The third kappa shape index (κ3) is 1.61. The predicted octanol–water partition coefficient (Wildman–Crippen LogP) is 0.599. The SMILES string of the molecule is Cc1nnc(-c2ccc3[nH]c(=O)[nH]c3c2)c(N)n1. The van der Waals surface area contributed by atoms with E-state index in [0.717, 1.165) is 11.1 Å². The van der Waals surface area contributed by atoms with Crippen molar-refractivity contribution >= 4 is 16.9 Å². The van der Waals surface area contributed by atoms with Crippen molar-refractivity contribution in [2.45, 2.75) is 6.92 Å². The van der Waals surface area contributed by atoms with Crippen molar-refractivity contribution in [3.63, 3.8) is 0 Å². The molecule has 0 unspecified atom stereocenters. The van der Waals surface area contributed by atoms with Crippen LogP contribution in [0.25, 0.3) is 22.3 Å². The zero-order valence-electron chi connectivity index (χ0n) is 9.56. The van der Waals surface area contributed by atoms with E-state index in [1.165, 1.54) is 0 Å². The van der Waals surface area contributed by atoms with Crippen LogP contribution < -0.4 is 11.4 Å². The summed E-state index contributed by atoms with van der Waals surface area (Å²) in [7, 11) is 0. The molecule has 18 heavy (non-hydrogen) atoms. The maximum absolute atomic E-state index is 11.2. The normalized spacial score (nSPS) is 10.9. The number of hydrogen-bond donors (Lipinski definition) is 3. The molecule has 0 aliphatic heterocycles. The molecule has 1 aromatic carbocycles. The first-order chi connectivity index (χ1) is 8.63. The number of imidazole rings is 1. The average molecular weight is 242 g/mol. The maximum Gasteiger partial charge on any atom is 0.323 e. The summed E-state index contributed by atoms with van der Waals surface area (Å²) in [5.74, 6) is 0.840.